The van der Waals surface area contributed by atoms with Crippen LogP contribution in [0.5, 0.6) is 11.5 Å². The summed E-state index contributed by atoms with van der Waals surface area (Å²) < 4.78 is 16.8. The second kappa shape index (κ2) is 9.70. The highest BCUT2D eigenvalue weighted by molar-refractivity contribution is 6.24. The number of ether oxygens (including phenoxy) is 3. The van der Waals surface area contributed by atoms with Crippen molar-refractivity contribution in [2.24, 2.45) is 11.8 Å². The number of imide groups is 1. The molecule has 0 spiro atoms. The molecule has 3 aliphatic rings. The van der Waals surface area contributed by atoms with Crippen molar-refractivity contribution in [2.75, 3.05) is 43.7 Å². The van der Waals surface area contributed by atoms with Crippen LogP contribution < -0.4 is 24.6 Å². The first-order chi connectivity index (χ1) is 17.8. The molecule has 3 heterocycles. The Morgan fingerprint density at radius 3 is 2.41 bits per heavy atom. The van der Waals surface area contributed by atoms with E-state index in [9.17, 15) is 14.4 Å². The van der Waals surface area contributed by atoms with E-state index in [1.807, 2.05) is 50.2 Å². The molecule has 0 saturated carbocycles. The maximum Gasteiger partial charge on any atom is 0.327 e. The number of hydrogen-bond donors (Lipinski definition) is 1. The largest absolute Gasteiger partial charge is 0.486 e. The number of benzene rings is 2. The third-order valence-electron chi connectivity index (χ3n) is 7.49. The topological polar surface area (TPSA) is 97.4 Å². The molecule has 4 atom stereocenters. The smallest absolute Gasteiger partial charge is 0.327 e. The first kappa shape index (κ1) is 25.1. The Kier molecular flexibility index (Phi) is 6.58. The standard InChI is InChI=1S/C28H33N3O6/c1-5-13-28(27(34)35-6-2)23-22(24(29-28)17-7-9-18(10-8-17)30(3)4)25(32)31(26(23)33)19-11-12-20-21(16-19)37-15-14-36-20/h7-12,16,22-24,29H,5-6,13-15H2,1-4H3/t22-,23+,24+,28-/m0/s1. The molecule has 37 heavy (non-hydrogen) atoms. The van der Waals surface area contributed by atoms with Crippen LogP contribution in [0, 0.1) is 11.8 Å². The van der Waals surface area contributed by atoms with E-state index in [1.54, 1.807) is 25.1 Å². The zero-order chi connectivity index (χ0) is 26.3. The van der Waals surface area contributed by atoms with E-state index < -0.39 is 35.3 Å². The van der Waals surface area contributed by atoms with Crippen LogP contribution in [0.25, 0.3) is 0 Å². The zero-order valence-electron chi connectivity index (χ0n) is 21.7. The fourth-order valence-electron chi connectivity index (χ4n) is 5.87. The highest BCUT2D eigenvalue weighted by Gasteiger charge is 2.68. The van der Waals surface area contributed by atoms with Crippen LogP contribution in [0.1, 0.15) is 38.3 Å². The lowest BCUT2D eigenvalue weighted by Crippen LogP contribution is -2.56. The molecule has 2 amide bonds. The molecule has 0 aromatic heterocycles. The lowest BCUT2D eigenvalue weighted by Gasteiger charge is -2.32. The van der Waals surface area contributed by atoms with Crippen LogP contribution in [0.3, 0.4) is 0 Å². The summed E-state index contributed by atoms with van der Waals surface area (Å²) in [5, 5.41) is 3.44. The van der Waals surface area contributed by atoms with Crippen LogP contribution in [0.4, 0.5) is 11.4 Å². The van der Waals surface area contributed by atoms with Crippen molar-refractivity contribution in [3.8, 4) is 11.5 Å². The SMILES string of the molecule is CCC[C@]1(C(=O)OCC)N[C@H](c2ccc(N(C)C)cc2)[C@H]2C(=O)N(c3ccc4c(c3)OCCO4)C(=O)[C@@H]21. The van der Waals surface area contributed by atoms with E-state index >= 15 is 0 Å². The molecular formula is C28H33N3O6. The van der Waals surface area contributed by atoms with Gasteiger partial charge >= 0.3 is 5.97 Å². The fourth-order valence-corrected chi connectivity index (χ4v) is 5.87. The number of fused-ring (bicyclic) bond motifs is 2. The normalized spacial score (nSPS) is 26.3. The van der Waals surface area contributed by atoms with E-state index in [0.29, 0.717) is 43.2 Å². The van der Waals surface area contributed by atoms with Crippen LogP contribution >= 0.6 is 0 Å². The predicted octanol–water partition coefficient (Wildman–Crippen LogP) is 3.08. The van der Waals surface area contributed by atoms with Gasteiger partial charge in [0.05, 0.1) is 24.1 Å². The molecule has 0 unspecified atom stereocenters. The van der Waals surface area contributed by atoms with Crippen molar-refractivity contribution in [1.29, 1.82) is 0 Å². The van der Waals surface area contributed by atoms with Crippen LogP contribution in [0.2, 0.25) is 0 Å². The third kappa shape index (κ3) is 4.01. The van der Waals surface area contributed by atoms with Gasteiger partial charge in [-0.15, -0.1) is 0 Å². The molecular weight excluding hydrogens is 474 g/mol. The third-order valence-corrected chi connectivity index (χ3v) is 7.49. The summed E-state index contributed by atoms with van der Waals surface area (Å²) in [6, 6.07) is 12.3. The van der Waals surface area contributed by atoms with Gasteiger partial charge in [0.15, 0.2) is 11.5 Å². The highest BCUT2D eigenvalue weighted by atomic mass is 16.6. The van der Waals surface area contributed by atoms with Gasteiger partial charge in [-0.05, 0) is 43.2 Å². The van der Waals surface area contributed by atoms with E-state index in [4.69, 9.17) is 14.2 Å². The molecule has 196 valence electrons. The second-order valence-corrected chi connectivity index (χ2v) is 9.89. The van der Waals surface area contributed by atoms with E-state index in [1.165, 1.54) is 4.90 Å². The Hall–Kier alpha value is -3.59. The number of esters is 1. The molecule has 2 aromatic carbocycles. The molecule has 2 fully saturated rings. The van der Waals surface area contributed by atoms with Crippen molar-refractivity contribution in [3.05, 3.63) is 48.0 Å². The van der Waals surface area contributed by atoms with E-state index in [2.05, 4.69) is 5.32 Å². The minimum absolute atomic E-state index is 0.180. The molecule has 9 heteroatoms. The van der Waals surface area contributed by atoms with Crippen LogP contribution in [-0.2, 0) is 19.1 Å². The van der Waals surface area contributed by atoms with E-state index in [-0.39, 0.29) is 12.5 Å². The van der Waals surface area contributed by atoms with Crippen molar-refractivity contribution in [1.82, 2.24) is 5.32 Å². The molecule has 1 N–H and O–H groups in total. The summed E-state index contributed by atoms with van der Waals surface area (Å²) in [4.78, 5) is 44.8. The van der Waals surface area contributed by atoms with E-state index in [0.717, 1.165) is 11.3 Å². The van der Waals surface area contributed by atoms with Crippen LogP contribution in [-0.4, -0.2) is 57.2 Å². The molecule has 3 aliphatic heterocycles. The van der Waals surface area contributed by atoms with Gasteiger partial charge < -0.3 is 19.1 Å². The van der Waals surface area contributed by atoms with Crippen molar-refractivity contribution < 1.29 is 28.6 Å². The highest BCUT2D eigenvalue weighted by Crippen LogP contribution is 2.52. The number of hydrogen-bond acceptors (Lipinski definition) is 8. The number of carbonyl (C=O) groups excluding carboxylic acids is 3. The average molecular weight is 508 g/mol. The lowest BCUT2D eigenvalue weighted by atomic mass is 9.77. The number of rotatable bonds is 7. The molecule has 0 radical (unpaired) electrons. The summed E-state index contributed by atoms with van der Waals surface area (Å²) in [6.07, 6.45) is 1.00. The monoisotopic (exact) mass is 507 g/mol. The second-order valence-electron chi connectivity index (χ2n) is 9.89. The van der Waals surface area contributed by atoms with Crippen molar-refractivity contribution in [3.63, 3.8) is 0 Å². The van der Waals surface area contributed by atoms with Gasteiger partial charge in [0.25, 0.3) is 0 Å². The summed E-state index contributed by atoms with van der Waals surface area (Å²) in [5.74, 6) is -1.85. The number of nitrogens with zero attached hydrogens (tertiary/aromatic N) is 2. The van der Waals surface area contributed by atoms with Gasteiger partial charge in [0, 0.05) is 31.9 Å². The Balaban J connectivity index is 1.60. The van der Waals surface area contributed by atoms with Gasteiger partial charge in [-0.2, -0.15) is 0 Å². The lowest BCUT2D eigenvalue weighted by molar-refractivity contribution is -0.155. The number of anilines is 2. The average Bonchev–Trinajstić information content (AvgIpc) is 3.38. The Morgan fingerprint density at radius 2 is 1.76 bits per heavy atom. The summed E-state index contributed by atoms with van der Waals surface area (Å²) in [7, 11) is 3.91. The number of nitrogens with one attached hydrogen (secondary N) is 1. The summed E-state index contributed by atoms with van der Waals surface area (Å²) >= 11 is 0. The summed E-state index contributed by atoms with van der Waals surface area (Å²) in [6.45, 7) is 4.71. The predicted molar refractivity (Wildman–Crippen MR) is 138 cm³/mol. The number of amides is 2. The van der Waals surface area contributed by atoms with Crippen molar-refractivity contribution >= 4 is 29.2 Å². The molecule has 0 bridgehead atoms. The minimum Gasteiger partial charge on any atom is -0.486 e. The maximum absolute atomic E-state index is 14.1. The van der Waals surface area contributed by atoms with Gasteiger partial charge in [0.2, 0.25) is 11.8 Å². The van der Waals surface area contributed by atoms with Gasteiger partial charge in [0.1, 0.15) is 18.8 Å². The molecule has 0 aliphatic carbocycles. The molecule has 9 nitrogen and oxygen atoms in total. The molecule has 2 saturated heterocycles. The fraction of sp³-hybridized carbons (Fsp3) is 0.464. The zero-order valence-corrected chi connectivity index (χ0v) is 21.7. The minimum atomic E-state index is -1.31. The number of carbonyl (C=O) groups is 3. The first-order valence-corrected chi connectivity index (χ1v) is 12.8. The Labute approximate surface area is 216 Å². The Morgan fingerprint density at radius 1 is 1.05 bits per heavy atom. The molecule has 5 rings (SSSR count). The van der Waals surface area contributed by atoms with Gasteiger partial charge in [-0.1, -0.05) is 25.5 Å². The maximum atomic E-state index is 14.1. The molecule has 2 aromatic rings. The summed E-state index contributed by atoms with van der Waals surface area (Å²) in [5.41, 5.74) is 0.947. The Bertz CT molecular complexity index is 1210. The van der Waals surface area contributed by atoms with Crippen LogP contribution in [0.15, 0.2) is 42.5 Å². The first-order valence-electron chi connectivity index (χ1n) is 12.8. The van der Waals surface area contributed by atoms with Gasteiger partial charge in [-0.3, -0.25) is 19.7 Å². The van der Waals surface area contributed by atoms with Crippen molar-refractivity contribution in [2.45, 2.75) is 38.3 Å². The quantitative estimate of drug-likeness (QED) is 0.451. The van der Waals surface area contributed by atoms with Gasteiger partial charge in [-0.25, -0.2) is 4.90 Å².